The number of hydrogen-bond donors (Lipinski definition) is 1. The van der Waals surface area contributed by atoms with Crippen LogP contribution in [0.5, 0.6) is 0 Å². The first-order valence-electron chi connectivity index (χ1n) is 4.13. The zero-order chi connectivity index (χ0) is 9.56. The Morgan fingerprint density at radius 1 is 1.58 bits per heavy atom. The van der Waals surface area contributed by atoms with Gasteiger partial charge in [-0.3, -0.25) is 4.79 Å². The van der Waals surface area contributed by atoms with Crippen molar-refractivity contribution in [3.8, 4) is 0 Å². The van der Waals surface area contributed by atoms with E-state index < -0.39 is 0 Å². The van der Waals surface area contributed by atoms with Crippen molar-refractivity contribution >= 4 is 5.91 Å². The predicted molar refractivity (Wildman–Crippen MR) is 51.8 cm³/mol. The molecule has 0 atom stereocenters. The molecule has 0 saturated carbocycles. The van der Waals surface area contributed by atoms with Crippen molar-refractivity contribution in [1.82, 2.24) is 5.32 Å². The minimum absolute atomic E-state index is 0.139. The average Bonchev–Trinajstić information content (AvgIpc) is 1.99. The van der Waals surface area contributed by atoms with Crippen LogP contribution in [0.4, 0.5) is 0 Å². The van der Waals surface area contributed by atoms with Crippen molar-refractivity contribution in [3.05, 3.63) is 24.8 Å². The van der Waals surface area contributed by atoms with Gasteiger partial charge in [0.15, 0.2) is 0 Å². The molecular weight excluding hydrogens is 150 g/mol. The van der Waals surface area contributed by atoms with E-state index in [0.717, 1.165) is 12.0 Å². The fourth-order valence-electron chi connectivity index (χ4n) is 0.934. The number of hydrogen-bond acceptors (Lipinski definition) is 1. The lowest BCUT2D eigenvalue weighted by atomic mass is 10.0. The second kappa shape index (κ2) is 5.58. The monoisotopic (exact) mass is 167 g/mol. The van der Waals surface area contributed by atoms with Gasteiger partial charge in [-0.25, -0.2) is 0 Å². The van der Waals surface area contributed by atoms with Gasteiger partial charge < -0.3 is 5.32 Å². The molecule has 0 unspecified atom stereocenters. The van der Waals surface area contributed by atoms with Crippen LogP contribution in [-0.2, 0) is 4.79 Å². The third kappa shape index (κ3) is 5.71. The molecule has 0 rings (SSSR count). The van der Waals surface area contributed by atoms with Gasteiger partial charge in [0.05, 0.1) is 0 Å². The lowest BCUT2D eigenvalue weighted by Gasteiger charge is -2.08. The topological polar surface area (TPSA) is 29.1 Å². The zero-order valence-electron chi connectivity index (χ0n) is 7.89. The van der Waals surface area contributed by atoms with E-state index in [9.17, 15) is 4.79 Å². The summed E-state index contributed by atoms with van der Waals surface area (Å²) in [5.74, 6) is 0.457. The molecule has 0 aliphatic heterocycles. The molecule has 0 bridgehead atoms. The molecule has 68 valence electrons. The van der Waals surface area contributed by atoms with Gasteiger partial charge in [0.1, 0.15) is 0 Å². The van der Waals surface area contributed by atoms with Crippen molar-refractivity contribution in [2.45, 2.75) is 20.3 Å². The van der Waals surface area contributed by atoms with E-state index in [1.165, 1.54) is 6.08 Å². The third-order valence-corrected chi connectivity index (χ3v) is 1.39. The van der Waals surface area contributed by atoms with Crippen molar-refractivity contribution in [1.29, 1.82) is 0 Å². The summed E-state index contributed by atoms with van der Waals surface area (Å²) in [4.78, 5) is 10.7. The van der Waals surface area contributed by atoms with Crippen LogP contribution in [0.25, 0.3) is 0 Å². The first-order chi connectivity index (χ1) is 5.56. The summed E-state index contributed by atoms with van der Waals surface area (Å²) >= 11 is 0. The summed E-state index contributed by atoms with van der Waals surface area (Å²) in [6, 6.07) is 0. The van der Waals surface area contributed by atoms with E-state index >= 15 is 0 Å². The maximum absolute atomic E-state index is 10.7. The smallest absolute Gasteiger partial charge is 0.243 e. The van der Waals surface area contributed by atoms with E-state index in [1.807, 2.05) is 0 Å². The van der Waals surface area contributed by atoms with Crippen LogP contribution in [0.3, 0.4) is 0 Å². The predicted octanol–water partition coefficient (Wildman–Crippen LogP) is 1.89. The van der Waals surface area contributed by atoms with Crippen LogP contribution < -0.4 is 5.32 Å². The fourth-order valence-corrected chi connectivity index (χ4v) is 0.934. The van der Waals surface area contributed by atoms with E-state index in [1.54, 1.807) is 0 Å². The lowest BCUT2D eigenvalue weighted by molar-refractivity contribution is -0.116. The molecule has 0 aromatic heterocycles. The van der Waals surface area contributed by atoms with Gasteiger partial charge in [-0.2, -0.15) is 0 Å². The molecule has 0 aliphatic rings. The van der Waals surface area contributed by atoms with Crippen molar-refractivity contribution in [3.63, 3.8) is 0 Å². The Labute approximate surface area is 74.4 Å². The SMILES string of the molecule is C=CC(=O)NCC(=C)CC(C)C. The summed E-state index contributed by atoms with van der Waals surface area (Å²) in [5.41, 5.74) is 1.06. The average molecular weight is 167 g/mol. The Morgan fingerprint density at radius 2 is 2.17 bits per heavy atom. The molecule has 0 saturated heterocycles. The minimum atomic E-state index is -0.139. The van der Waals surface area contributed by atoms with E-state index in [-0.39, 0.29) is 5.91 Å². The fraction of sp³-hybridized carbons (Fsp3) is 0.500. The Bertz CT molecular complexity index is 182. The van der Waals surface area contributed by atoms with E-state index in [2.05, 4.69) is 32.3 Å². The molecule has 12 heavy (non-hydrogen) atoms. The van der Waals surface area contributed by atoms with Crippen LogP contribution in [0.1, 0.15) is 20.3 Å². The molecule has 0 aliphatic carbocycles. The molecule has 2 heteroatoms. The molecule has 1 N–H and O–H groups in total. The number of carbonyl (C=O) groups excluding carboxylic acids is 1. The minimum Gasteiger partial charge on any atom is -0.349 e. The normalized spacial score (nSPS) is 9.58. The third-order valence-electron chi connectivity index (χ3n) is 1.39. The Morgan fingerprint density at radius 3 is 2.58 bits per heavy atom. The summed E-state index contributed by atoms with van der Waals surface area (Å²) in [5, 5.41) is 2.68. The van der Waals surface area contributed by atoms with Gasteiger partial charge in [-0.1, -0.05) is 32.6 Å². The van der Waals surface area contributed by atoms with Crippen LogP contribution >= 0.6 is 0 Å². The maximum atomic E-state index is 10.7. The molecule has 0 aromatic carbocycles. The van der Waals surface area contributed by atoms with Crippen molar-refractivity contribution < 1.29 is 4.79 Å². The number of rotatable bonds is 5. The van der Waals surface area contributed by atoms with Crippen LogP contribution in [0.15, 0.2) is 24.8 Å². The number of carbonyl (C=O) groups is 1. The van der Waals surface area contributed by atoms with Crippen LogP contribution in [0.2, 0.25) is 0 Å². The first kappa shape index (κ1) is 11.0. The van der Waals surface area contributed by atoms with Crippen LogP contribution in [-0.4, -0.2) is 12.5 Å². The molecular formula is C10H17NO. The first-order valence-corrected chi connectivity index (χ1v) is 4.13. The maximum Gasteiger partial charge on any atom is 0.243 e. The van der Waals surface area contributed by atoms with Gasteiger partial charge in [0.25, 0.3) is 0 Å². The Hall–Kier alpha value is -1.05. The summed E-state index contributed by atoms with van der Waals surface area (Å²) in [7, 11) is 0. The van der Waals surface area contributed by atoms with Crippen molar-refractivity contribution in [2.75, 3.05) is 6.54 Å². The highest BCUT2D eigenvalue weighted by atomic mass is 16.1. The molecule has 0 heterocycles. The Balaban J connectivity index is 3.57. The zero-order valence-corrected chi connectivity index (χ0v) is 7.89. The van der Waals surface area contributed by atoms with E-state index in [0.29, 0.717) is 12.5 Å². The molecule has 0 radical (unpaired) electrons. The lowest BCUT2D eigenvalue weighted by Crippen LogP contribution is -2.23. The quantitative estimate of drug-likeness (QED) is 0.491. The van der Waals surface area contributed by atoms with Gasteiger partial charge in [-0.05, 0) is 18.4 Å². The van der Waals surface area contributed by atoms with E-state index in [4.69, 9.17) is 0 Å². The van der Waals surface area contributed by atoms with Crippen molar-refractivity contribution in [2.24, 2.45) is 5.92 Å². The molecule has 0 fully saturated rings. The Kier molecular flexibility index (Phi) is 5.09. The summed E-state index contributed by atoms with van der Waals surface area (Å²) in [6.07, 6.45) is 2.22. The highest BCUT2D eigenvalue weighted by Crippen LogP contribution is 2.06. The van der Waals surface area contributed by atoms with Gasteiger partial charge in [0.2, 0.25) is 5.91 Å². The molecule has 1 amide bonds. The number of nitrogens with one attached hydrogen (secondary N) is 1. The number of amides is 1. The second-order valence-electron chi connectivity index (χ2n) is 3.27. The van der Waals surface area contributed by atoms with Crippen LogP contribution in [0, 0.1) is 5.92 Å². The summed E-state index contributed by atoms with van der Waals surface area (Å²) < 4.78 is 0. The molecule has 0 aromatic rings. The molecule has 2 nitrogen and oxygen atoms in total. The summed E-state index contributed by atoms with van der Waals surface area (Å²) in [6.45, 7) is 12.0. The molecule has 0 spiro atoms. The second-order valence-corrected chi connectivity index (χ2v) is 3.27. The highest BCUT2D eigenvalue weighted by Gasteiger charge is 1.99. The van der Waals surface area contributed by atoms with Gasteiger partial charge >= 0.3 is 0 Å². The standard InChI is InChI=1S/C10H17NO/c1-5-10(12)11-7-9(4)6-8(2)3/h5,8H,1,4,6-7H2,2-3H3,(H,11,12). The van der Waals surface area contributed by atoms with Gasteiger partial charge in [-0.15, -0.1) is 0 Å². The van der Waals surface area contributed by atoms with Gasteiger partial charge in [0, 0.05) is 6.54 Å². The highest BCUT2D eigenvalue weighted by molar-refractivity contribution is 5.86. The largest absolute Gasteiger partial charge is 0.349 e.